The van der Waals surface area contributed by atoms with Crippen molar-refractivity contribution < 1.29 is 13.9 Å². The molecule has 1 aliphatic rings. The van der Waals surface area contributed by atoms with E-state index < -0.39 is 6.29 Å². The molecule has 0 aliphatic carbocycles. The predicted octanol–water partition coefficient (Wildman–Crippen LogP) is 4.55. The van der Waals surface area contributed by atoms with Crippen LogP contribution in [0.25, 0.3) is 21.9 Å². The first kappa shape index (κ1) is 16.1. The third kappa shape index (κ3) is 2.54. The summed E-state index contributed by atoms with van der Waals surface area (Å²) in [5.41, 5.74) is 2.83. The third-order valence-corrected chi connectivity index (χ3v) is 5.17. The van der Waals surface area contributed by atoms with Gasteiger partial charge in [0, 0.05) is 36.0 Å². The monoisotopic (exact) mass is 361 g/mol. The fourth-order valence-corrected chi connectivity index (χ4v) is 4.01. The van der Waals surface area contributed by atoms with E-state index in [1.54, 1.807) is 6.07 Å². The summed E-state index contributed by atoms with van der Waals surface area (Å²) in [5.74, 6) is 0.407. The van der Waals surface area contributed by atoms with Gasteiger partial charge in [0.1, 0.15) is 11.3 Å². The van der Waals surface area contributed by atoms with Crippen molar-refractivity contribution >= 4 is 21.9 Å². The maximum Gasteiger partial charge on any atom is 0.343 e. The maximum absolute atomic E-state index is 12.9. The molecule has 0 unspecified atom stereocenters. The molecule has 5 rings (SSSR count). The molecule has 0 spiro atoms. The fraction of sp³-hybridized carbons (Fsp3) is 0.227. The Kier molecular flexibility index (Phi) is 3.76. The SMILES string of the molecule is CCO[C@H]1C[C@@H](c2c[nH]c3ccccc23)c2c(c3ccccc3oc2=O)O1. The van der Waals surface area contributed by atoms with Crippen LogP contribution in [-0.4, -0.2) is 17.9 Å². The summed E-state index contributed by atoms with van der Waals surface area (Å²) < 4.78 is 17.5. The van der Waals surface area contributed by atoms with Gasteiger partial charge in [-0.3, -0.25) is 0 Å². The normalized spacial score (nSPS) is 19.1. The summed E-state index contributed by atoms with van der Waals surface area (Å²) >= 11 is 0. The van der Waals surface area contributed by atoms with Gasteiger partial charge >= 0.3 is 5.63 Å². The highest BCUT2D eigenvalue weighted by molar-refractivity contribution is 5.87. The molecule has 5 nitrogen and oxygen atoms in total. The van der Waals surface area contributed by atoms with Crippen LogP contribution in [0.1, 0.15) is 30.4 Å². The molecule has 1 aliphatic heterocycles. The molecule has 2 aromatic carbocycles. The lowest BCUT2D eigenvalue weighted by Crippen LogP contribution is -2.32. The van der Waals surface area contributed by atoms with E-state index in [0.717, 1.165) is 21.9 Å². The van der Waals surface area contributed by atoms with Gasteiger partial charge in [0.25, 0.3) is 0 Å². The first-order valence-corrected chi connectivity index (χ1v) is 9.16. The number of aromatic nitrogens is 1. The first-order valence-electron chi connectivity index (χ1n) is 9.16. The molecule has 27 heavy (non-hydrogen) atoms. The zero-order valence-electron chi connectivity index (χ0n) is 14.9. The van der Waals surface area contributed by atoms with Gasteiger partial charge in [-0.15, -0.1) is 0 Å². The van der Waals surface area contributed by atoms with E-state index >= 15 is 0 Å². The Hall–Kier alpha value is -3.05. The van der Waals surface area contributed by atoms with E-state index in [-0.39, 0.29) is 11.5 Å². The molecule has 136 valence electrons. The predicted molar refractivity (Wildman–Crippen MR) is 103 cm³/mol. The van der Waals surface area contributed by atoms with Gasteiger partial charge in [-0.05, 0) is 30.7 Å². The zero-order valence-corrected chi connectivity index (χ0v) is 14.9. The number of hydrogen-bond acceptors (Lipinski definition) is 4. The molecule has 5 heteroatoms. The molecule has 0 amide bonds. The molecule has 0 saturated heterocycles. The van der Waals surface area contributed by atoms with Crippen molar-refractivity contribution in [3.63, 3.8) is 0 Å². The molecular weight excluding hydrogens is 342 g/mol. The highest BCUT2D eigenvalue weighted by atomic mass is 16.7. The Balaban J connectivity index is 1.78. The van der Waals surface area contributed by atoms with Crippen molar-refractivity contribution in [2.45, 2.75) is 25.6 Å². The summed E-state index contributed by atoms with van der Waals surface area (Å²) in [5, 5.41) is 1.89. The summed E-state index contributed by atoms with van der Waals surface area (Å²) in [6.45, 7) is 2.48. The van der Waals surface area contributed by atoms with E-state index in [1.165, 1.54) is 0 Å². The minimum absolute atomic E-state index is 0.165. The van der Waals surface area contributed by atoms with Crippen LogP contribution in [0.5, 0.6) is 5.75 Å². The first-order chi connectivity index (χ1) is 13.3. The van der Waals surface area contributed by atoms with Crippen molar-refractivity contribution in [2.75, 3.05) is 6.61 Å². The van der Waals surface area contributed by atoms with Crippen molar-refractivity contribution in [2.24, 2.45) is 0 Å². The number of hydrogen-bond donors (Lipinski definition) is 1. The molecule has 0 fully saturated rings. The molecule has 1 N–H and O–H groups in total. The van der Waals surface area contributed by atoms with E-state index in [4.69, 9.17) is 13.9 Å². The average Bonchev–Trinajstić information content (AvgIpc) is 3.12. The van der Waals surface area contributed by atoms with Gasteiger partial charge in [0.05, 0.1) is 10.9 Å². The van der Waals surface area contributed by atoms with Crippen molar-refractivity contribution in [3.05, 3.63) is 76.3 Å². The minimum atomic E-state index is -0.411. The van der Waals surface area contributed by atoms with Crippen molar-refractivity contribution in [3.8, 4) is 5.75 Å². The molecule has 0 radical (unpaired) electrons. The molecular formula is C22H19NO4. The summed E-state index contributed by atoms with van der Waals surface area (Å²) in [7, 11) is 0. The number of aromatic amines is 1. The van der Waals surface area contributed by atoms with E-state index in [9.17, 15) is 4.79 Å². The van der Waals surface area contributed by atoms with Gasteiger partial charge in [-0.2, -0.15) is 0 Å². The topological polar surface area (TPSA) is 64.5 Å². The van der Waals surface area contributed by atoms with Crippen LogP contribution < -0.4 is 10.4 Å². The smallest absolute Gasteiger partial charge is 0.343 e. The Morgan fingerprint density at radius 3 is 2.74 bits per heavy atom. The quantitative estimate of drug-likeness (QED) is 0.544. The highest BCUT2D eigenvalue weighted by Crippen LogP contribution is 2.44. The average molecular weight is 361 g/mol. The zero-order chi connectivity index (χ0) is 18.4. The fourth-order valence-electron chi connectivity index (χ4n) is 4.01. The molecule has 2 aromatic heterocycles. The summed E-state index contributed by atoms with van der Waals surface area (Å²) in [4.78, 5) is 16.2. The molecule has 3 heterocycles. The third-order valence-electron chi connectivity index (χ3n) is 5.17. The number of benzene rings is 2. The van der Waals surface area contributed by atoms with E-state index in [0.29, 0.717) is 29.9 Å². The lowest BCUT2D eigenvalue weighted by atomic mass is 9.86. The number of fused-ring (bicyclic) bond motifs is 4. The number of rotatable bonds is 3. The van der Waals surface area contributed by atoms with Crippen molar-refractivity contribution in [1.29, 1.82) is 0 Å². The standard InChI is InChI=1S/C22H19NO4/c1-2-25-19-11-15(16-12-23-17-9-5-3-7-13(16)17)20-21(27-19)14-8-4-6-10-18(14)26-22(20)24/h3-10,12,15,19,23H,2,11H2,1H3/t15-,19+/m0/s1. The maximum atomic E-state index is 12.9. The lowest BCUT2D eigenvalue weighted by Gasteiger charge is -2.31. The van der Waals surface area contributed by atoms with Crippen LogP contribution in [0.3, 0.4) is 0 Å². The van der Waals surface area contributed by atoms with Gasteiger partial charge in [0.15, 0.2) is 0 Å². The van der Waals surface area contributed by atoms with Crippen LogP contribution in [0.2, 0.25) is 0 Å². The molecule has 2 atom stereocenters. The van der Waals surface area contributed by atoms with Crippen LogP contribution in [0, 0.1) is 0 Å². The summed E-state index contributed by atoms with van der Waals surface area (Å²) in [6, 6.07) is 15.5. The molecule has 0 bridgehead atoms. The van der Waals surface area contributed by atoms with Crippen molar-refractivity contribution in [1.82, 2.24) is 4.98 Å². The van der Waals surface area contributed by atoms with Crippen LogP contribution in [0.4, 0.5) is 0 Å². The minimum Gasteiger partial charge on any atom is -0.464 e. The Morgan fingerprint density at radius 2 is 1.89 bits per heavy atom. The Labute approximate surface area is 155 Å². The Morgan fingerprint density at radius 1 is 1.11 bits per heavy atom. The van der Waals surface area contributed by atoms with Crippen LogP contribution in [0.15, 0.2) is 63.9 Å². The second-order valence-electron chi connectivity index (χ2n) is 6.71. The van der Waals surface area contributed by atoms with Gasteiger partial charge in [-0.1, -0.05) is 30.3 Å². The summed E-state index contributed by atoms with van der Waals surface area (Å²) in [6.07, 6.45) is 2.12. The van der Waals surface area contributed by atoms with Gasteiger partial charge in [-0.25, -0.2) is 4.79 Å². The number of H-pyrrole nitrogens is 1. The lowest BCUT2D eigenvalue weighted by molar-refractivity contribution is -0.0889. The number of ether oxygens (including phenoxy) is 2. The van der Waals surface area contributed by atoms with Gasteiger partial charge in [0.2, 0.25) is 6.29 Å². The molecule has 0 saturated carbocycles. The second-order valence-corrected chi connectivity index (χ2v) is 6.71. The second kappa shape index (κ2) is 6.28. The highest BCUT2D eigenvalue weighted by Gasteiger charge is 2.35. The van der Waals surface area contributed by atoms with Gasteiger partial charge < -0.3 is 18.9 Å². The number of nitrogens with one attached hydrogen (secondary N) is 1. The van der Waals surface area contributed by atoms with E-state index in [2.05, 4.69) is 11.1 Å². The largest absolute Gasteiger partial charge is 0.464 e. The van der Waals surface area contributed by atoms with E-state index in [1.807, 2.05) is 49.5 Å². The Bertz CT molecular complexity index is 1190. The number of para-hydroxylation sites is 2. The van der Waals surface area contributed by atoms with Crippen LogP contribution in [-0.2, 0) is 4.74 Å². The van der Waals surface area contributed by atoms with Crippen LogP contribution >= 0.6 is 0 Å². The molecule has 4 aromatic rings.